The number of carbonyl (C=O) groups is 8. The minimum atomic E-state index is -1.44. The Labute approximate surface area is 565 Å². The van der Waals surface area contributed by atoms with Crippen LogP contribution in [0, 0.1) is 18.8 Å². The SMILES string of the molecule is COC(=O)[C@H]1CC[C@H](NC(=O)c2csc(-c3ccc4c(n3)-c3csc(n3)-c3csc(n3)[C@@H]3[C@@H](C)[C@@H](O)CN3C(=O)[C@H](Cc3ccc(OCC(=O)O)cc3)NC(=O)c3csc(n3)C([C@H](O)c3ccccc3)NC(=O)c3nc(sc3C)[C@H](CC(N)=O)NC(=O)c3csc-4n3)n2)CC1. The molecular formula is C63H59N13O13S6. The average Bonchev–Trinajstić information content (AvgIpc) is 1.66. The fourth-order valence-corrected chi connectivity index (χ4v) is 16.7. The average molecular weight is 1400 g/mol. The molecule has 12 rings (SSSR count). The first-order valence-electron chi connectivity index (χ1n) is 29.8. The number of aryl methyl sites for hydroxylation is 1. The molecule has 490 valence electrons. The fourth-order valence-electron chi connectivity index (χ4n) is 11.4. The van der Waals surface area contributed by atoms with E-state index in [1.807, 2.05) is 0 Å². The van der Waals surface area contributed by atoms with Gasteiger partial charge in [0.25, 0.3) is 23.6 Å². The molecule has 1 saturated carbocycles. The maximum atomic E-state index is 15.3. The summed E-state index contributed by atoms with van der Waals surface area (Å²) in [6.45, 7) is 2.70. The molecule has 95 heavy (non-hydrogen) atoms. The summed E-state index contributed by atoms with van der Waals surface area (Å²) >= 11 is 6.85. The molecule has 1 unspecified atom stereocenters. The minimum Gasteiger partial charge on any atom is -0.482 e. The molecule has 2 aromatic carbocycles. The second kappa shape index (κ2) is 28.4. The highest BCUT2D eigenvalue weighted by molar-refractivity contribution is 7.15. The maximum absolute atomic E-state index is 15.3. The number of methoxy groups -OCH3 is 1. The van der Waals surface area contributed by atoms with E-state index >= 15 is 4.79 Å². The second-order valence-electron chi connectivity index (χ2n) is 22.8. The smallest absolute Gasteiger partial charge is 0.341 e. The van der Waals surface area contributed by atoms with Crippen molar-refractivity contribution in [2.24, 2.45) is 17.6 Å². The highest BCUT2D eigenvalue weighted by atomic mass is 32.1. The van der Waals surface area contributed by atoms with E-state index in [0.29, 0.717) is 90.1 Å². The van der Waals surface area contributed by atoms with Crippen LogP contribution in [0.4, 0.5) is 0 Å². The van der Waals surface area contributed by atoms with Gasteiger partial charge in [0.05, 0.1) is 43.3 Å². The number of primary amides is 1. The Bertz CT molecular complexity index is 4390. The zero-order valence-electron chi connectivity index (χ0n) is 50.6. The molecule has 26 nitrogen and oxygen atoms in total. The number of hydrogen-bond acceptors (Lipinski definition) is 25. The number of nitrogens with two attached hydrogens (primary N) is 1. The second-order valence-corrected chi connectivity index (χ2v) is 28.4. The van der Waals surface area contributed by atoms with Crippen molar-refractivity contribution in [2.75, 3.05) is 20.3 Å². The van der Waals surface area contributed by atoms with E-state index in [-0.39, 0.29) is 75.3 Å². The van der Waals surface area contributed by atoms with Gasteiger partial charge in [-0.25, -0.2) is 39.7 Å². The van der Waals surface area contributed by atoms with Crippen LogP contribution in [-0.4, -0.2) is 141 Å². The molecule has 3 aliphatic rings. The number of aliphatic hydroxyl groups is 2. The molecule has 6 amide bonds. The summed E-state index contributed by atoms with van der Waals surface area (Å²) in [5.74, 6) is -5.95. The number of pyridine rings is 1. The predicted octanol–water partition coefficient (Wildman–Crippen LogP) is 7.51. The lowest BCUT2D eigenvalue weighted by atomic mass is 9.86. The largest absolute Gasteiger partial charge is 0.482 e. The highest BCUT2D eigenvalue weighted by Gasteiger charge is 2.46. The Morgan fingerprint density at radius 1 is 0.695 bits per heavy atom. The number of rotatable bonds is 13. The number of carbonyl (C=O) groups excluding carboxylic acids is 7. The van der Waals surface area contributed by atoms with Crippen LogP contribution in [0.5, 0.6) is 5.75 Å². The number of fused-ring (bicyclic) bond motifs is 16. The number of hydrogen-bond donors (Lipinski definition) is 8. The molecule has 7 atom stereocenters. The zero-order chi connectivity index (χ0) is 66.8. The molecule has 9 aromatic rings. The van der Waals surface area contributed by atoms with E-state index < -0.39 is 90.8 Å². The molecule has 7 aromatic heterocycles. The summed E-state index contributed by atoms with van der Waals surface area (Å²) in [7, 11) is 1.36. The Balaban J connectivity index is 0.924. The van der Waals surface area contributed by atoms with Gasteiger partial charge >= 0.3 is 11.9 Å². The van der Waals surface area contributed by atoms with Gasteiger partial charge in [-0.2, -0.15) is 0 Å². The van der Waals surface area contributed by atoms with E-state index in [1.54, 1.807) is 96.7 Å². The summed E-state index contributed by atoms with van der Waals surface area (Å²) in [6.07, 6.45) is -0.605. The summed E-state index contributed by atoms with van der Waals surface area (Å²) in [5, 5.41) is 54.6. The van der Waals surface area contributed by atoms with E-state index in [9.17, 15) is 48.9 Å². The molecule has 10 bridgehead atoms. The molecule has 0 spiro atoms. The zero-order valence-corrected chi connectivity index (χ0v) is 55.5. The Morgan fingerprint density at radius 3 is 2.08 bits per heavy atom. The van der Waals surface area contributed by atoms with Crippen LogP contribution in [0.3, 0.4) is 0 Å². The number of thiazole rings is 6. The van der Waals surface area contributed by atoms with E-state index in [2.05, 4.69) is 31.2 Å². The Morgan fingerprint density at radius 2 is 1.35 bits per heavy atom. The van der Waals surface area contributed by atoms with Crippen molar-refractivity contribution < 1.29 is 63.1 Å². The van der Waals surface area contributed by atoms with Gasteiger partial charge in [-0.15, -0.1) is 68.0 Å². The third-order valence-electron chi connectivity index (χ3n) is 16.4. The molecule has 9 heterocycles. The van der Waals surface area contributed by atoms with Crippen LogP contribution in [0.1, 0.15) is 136 Å². The van der Waals surface area contributed by atoms with Crippen molar-refractivity contribution in [1.29, 1.82) is 0 Å². The number of aromatic nitrogens is 7. The number of esters is 1. The molecule has 0 radical (unpaired) electrons. The first-order chi connectivity index (χ1) is 45.7. The highest BCUT2D eigenvalue weighted by Crippen LogP contribution is 2.43. The van der Waals surface area contributed by atoms with Gasteiger partial charge in [-0.3, -0.25) is 33.6 Å². The van der Waals surface area contributed by atoms with Gasteiger partial charge in [-0.05, 0) is 68.0 Å². The lowest BCUT2D eigenvalue weighted by Gasteiger charge is -2.29. The fraction of sp³-hybridized carbons (Fsp3) is 0.317. The van der Waals surface area contributed by atoms with Crippen LogP contribution in [-0.2, 0) is 30.3 Å². The van der Waals surface area contributed by atoms with Crippen molar-refractivity contribution in [3.05, 3.63) is 147 Å². The summed E-state index contributed by atoms with van der Waals surface area (Å²) in [5.41, 5.74) is 8.61. The summed E-state index contributed by atoms with van der Waals surface area (Å²) in [4.78, 5) is 145. The molecule has 2 aliphatic heterocycles. The van der Waals surface area contributed by atoms with Crippen LogP contribution in [0.25, 0.3) is 43.4 Å². The Kier molecular flexibility index (Phi) is 19.7. The van der Waals surface area contributed by atoms with Crippen molar-refractivity contribution in [2.45, 2.75) is 94.8 Å². The van der Waals surface area contributed by atoms with Gasteiger partial charge in [-0.1, -0.05) is 49.4 Å². The monoisotopic (exact) mass is 1400 g/mol. The van der Waals surface area contributed by atoms with Gasteiger partial charge in [0.15, 0.2) is 6.61 Å². The predicted molar refractivity (Wildman–Crippen MR) is 353 cm³/mol. The lowest BCUT2D eigenvalue weighted by Crippen LogP contribution is -2.50. The number of carboxylic acids is 1. The van der Waals surface area contributed by atoms with E-state index in [1.165, 1.54) is 56.8 Å². The maximum Gasteiger partial charge on any atom is 0.341 e. The van der Waals surface area contributed by atoms with Crippen molar-refractivity contribution in [3.8, 4) is 49.1 Å². The first kappa shape index (κ1) is 65.9. The van der Waals surface area contributed by atoms with Crippen molar-refractivity contribution >= 4 is 115 Å². The minimum absolute atomic E-state index is 0.0360. The van der Waals surface area contributed by atoms with E-state index in [0.717, 1.165) is 34.0 Å². The van der Waals surface area contributed by atoms with Crippen LogP contribution in [0.2, 0.25) is 0 Å². The van der Waals surface area contributed by atoms with Gasteiger partial charge < -0.3 is 56.7 Å². The topological polar surface area (TPSA) is 383 Å². The number of nitrogens with one attached hydrogen (secondary N) is 4. The van der Waals surface area contributed by atoms with Crippen molar-refractivity contribution in [1.82, 2.24) is 61.1 Å². The number of ether oxygens (including phenoxy) is 2. The molecule has 9 N–H and O–H groups in total. The van der Waals surface area contributed by atoms with E-state index in [4.69, 9.17) is 40.1 Å². The summed E-state index contributed by atoms with van der Waals surface area (Å²) in [6, 6.07) is 13.6. The summed E-state index contributed by atoms with van der Waals surface area (Å²) < 4.78 is 10.3. The third kappa shape index (κ3) is 14.6. The standard InChI is InChI=1S/C63H59N13O13S6/c1-28-44(77)21-76-50(28)61-73-43(27-94-61)58-69-39(23-91-58)48-35(17-18-36(66-48)57-71-40(25-92-57)52(82)65-33-13-11-32(12-14-33)63(87)88-3)56-70-41(24-90-56)53(83)67-37(20-45(64)78)59-75-47(29(2)95-59)55(85)74-49(51(81)31-7-5-4-6-8-31)60-72-42(26-93-60)54(84)68-38(62(76)86)19-30-9-15-34(16-10-30)89-22-46(79)80/h4-10,15-18,23-28,32-33,37-38,44,49-51,77,81H,11-14,19-22H2,1-3H3,(H2,64,78)(H,65,82)(H,67,83)(H,68,84)(H,74,85)(H,79,80)/t28-,32-,33-,37-,38-,44-,49?,50-,51+/m0/s1. The number of benzene rings is 2. The van der Waals surface area contributed by atoms with Gasteiger partial charge in [0.2, 0.25) is 11.8 Å². The quantitative estimate of drug-likeness (QED) is 0.0517. The third-order valence-corrected chi connectivity index (χ3v) is 21.9. The van der Waals surface area contributed by atoms with Crippen LogP contribution >= 0.6 is 68.0 Å². The molecule has 32 heteroatoms. The molecule has 1 aliphatic carbocycles. The number of amides is 6. The normalized spacial score (nSPS) is 21.1. The molecule has 2 fully saturated rings. The Hall–Kier alpha value is -9.15. The molecular weight excluding hydrogens is 1340 g/mol. The van der Waals surface area contributed by atoms with Crippen LogP contribution < -0.4 is 31.7 Å². The number of carboxylic acid groups (broad SMARTS) is 1. The number of aliphatic hydroxyl groups excluding tert-OH is 2. The lowest BCUT2D eigenvalue weighted by molar-refractivity contribution is -0.146. The molecule has 1 saturated heterocycles. The number of aliphatic carboxylic acids is 1. The first-order valence-corrected chi connectivity index (χ1v) is 35.0. The van der Waals surface area contributed by atoms with Crippen molar-refractivity contribution in [3.63, 3.8) is 0 Å². The van der Waals surface area contributed by atoms with Gasteiger partial charge in [0, 0.05) is 62.3 Å². The van der Waals surface area contributed by atoms with Crippen LogP contribution in [0.15, 0.2) is 93.6 Å². The number of nitrogens with zero attached hydrogens (tertiary/aromatic N) is 8. The van der Waals surface area contributed by atoms with Gasteiger partial charge in [0.1, 0.15) is 93.8 Å².